The first-order chi connectivity index (χ1) is 13.2. The number of carbonyl (C=O) groups excluding carboxylic acids is 1. The predicted molar refractivity (Wildman–Crippen MR) is 101 cm³/mol. The molecule has 7 heteroatoms. The van der Waals surface area contributed by atoms with Gasteiger partial charge in [-0.1, -0.05) is 0 Å². The summed E-state index contributed by atoms with van der Waals surface area (Å²) in [6, 6.07) is 14.7. The van der Waals surface area contributed by atoms with Crippen LogP contribution < -0.4 is 4.90 Å². The average molecular weight is 358 g/mol. The van der Waals surface area contributed by atoms with E-state index in [1.807, 2.05) is 40.1 Å². The summed E-state index contributed by atoms with van der Waals surface area (Å²) in [6.07, 6.45) is 5.46. The van der Waals surface area contributed by atoms with Gasteiger partial charge in [-0.25, -0.2) is 9.97 Å². The van der Waals surface area contributed by atoms with E-state index in [9.17, 15) is 4.79 Å². The summed E-state index contributed by atoms with van der Waals surface area (Å²) in [4.78, 5) is 25.3. The Hall–Kier alpha value is -3.66. The topological polar surface area (TPSA) is 78.0 Å². The van der Waals surface area contributed by atoms with Gasteiger partial charge in [0.1, 0.15) is 18.0 Å². The molecule has 1 amide bonds. The van der Waals surface area contributed by atoms with E-state index >= 15 is 0 Å². The molecule has 0 aliphatic carbocycles. The Kier molecular flexibility index (Phi) is 4.54. The second kappa shape index (κ2) is 7.30. The van der Waals surface area contributed by atoms with E-state index < -0.39 is 0 Å². The molecule has 1 aromatic carbocycles. The second-order valence-corrected chi connectivity index (χ2v) is 6.29. The first-order valence-electron chi connectivity index (χ1n) is 8.74. The predicted octanol–water partition coefficient (Wildman–Crippen LogP) is 2.10. The Morgan fingerprint density at radius 1 is 0.963 bits per heavy atom. The summed E-state index contributed by atoms with van der Waals surface area (Å²) in [5, 5.41) is 8.87. The van der Waals surface area contributed by atoms with Gasteiger partial charge >= 0.3 is 0 Å². The third-order valence-electron chi connectivity index (χ3n) is 4.66. The number of hydrogen-bond donors (Lipinski definition) is 0. The zero-order valence-corrected chi connectivity index (χ0v) is 14.7. The molecule has 0 atom stereocenters. The summed E-state index contributed by atoms with van der Waals surface area (Å²) in [5.74, 6) is 1.68. The van der Waals surface area contributed by atoms with Gasteiger partial charge in [-0.3, -0.25) is 4.79 Å². The SMILES string of the molecule is N#Cc1ccc(C(=O)N2CCN(c3cc(-n4cccc4)ncn3)CC2)cc1. The lowest BCUT2D eigenvalue weighted by Crippen LogP contribution is -2.49. The lowest BCUT2D eigenvalue weighted by atomic mass is 10.1. The van der Waals surface area contributed by atoms with Gasteiger partial charge in [0.25, 0.3) is 5.91 Å². The summed E-state index contributed by atoms with van der Waals surface area (Å²) in [5.41, 5.74) is 1.16. The zero-order valence-electron chi connectivity index (χ0n) is 14.7. The maximum atomic E-state index is 12.6. The lowest BCUT2D eigenvalue weighted by Gasteiger charge is -2.35. The maximum absolute atomic E-state index is 12.6. The summed E-state index contributed by atoms with van der Waals surface area (Å²) >= 11 is 0. The largest absolute Gasteiger partial charge is 0.353 e. The van der Waals surface area contributed by atoms with Crippen LogP contribution in [0, 0.1) is 11.3 Å². The van der Waals surface area contributed by atoms with Crippen molar-refractivity contribution in [2.75, 3.05) is 31.1 Å². The van der Waals surface area contributed by atoms with Crippen molar-refractivity contribution >= 4 is 11.7 Å². The standard InChI is InChI=1S/C20H18N6O/c21-14-16-3-5-17(6-4-16)20(27)26-11-9-25(10-12-26)19-13-18(22-15-23-19)24-7-1-2-8-24/h1-8,13,15H,9-12H2. The van der Waals surface area contributed by atoms with Gasteiger partial charge < -0.3 is 14.4 Å². The number of aromatic nitrogens is 3. The van der Waals surface area contributed by atoms with Crippen LogP contribution in [0.1, 0.15) is 15.9 Å². The first kappa shape index (κ1) is 16.8. The molecule has 0 radical (unpaired) electrons. The van der Waals surface area contributed by atoms with E-state index in [0.717, 1.165) is 11.6 Å². The van der Waals surface area contributed by atoms with Gasteiger partial charge in [-0.2, -0.15) is 5.26 Å². The smallest absolute Gasteiger partial charge is 0.253 e. The molecule has 1 fully saturated rings. The highest BCUT2D eigenvalue weighted by Crippen LogP contribution is 2.17. The van der Waals surface area contributed by atoms with Gasteiger partial charge in [0.05, 0.1) is 11.6 Å². The van der Waals surface area contributed by atoms with Crippen molar-refractivity contribution in [3.63, 3.8) is 0 Å². The Balaban J connectivity index is 1.42. The summed E-state index contributed by atoms with van der Waals surface area (Å²) in [6.45, 7) is 2.68. The van der Waals surface area contributed by atoms with Crippen LogP contribution in [0.15, 0.2) is 61.2 Å². The van der Waals surface area contributed by atoms with Gasteiger partial charge in [-0.15, -0.1) is 0 Å². The number of hydrogen-bond acceptors (Lipinski definition) is 5. The highest BCUT2D eigenvalue weighted by Gasteiger charge is 2.23. The molecule has 0 spiro atoms. The Morgan fingerprint density at radius 2 is 1.63 bits per heavy atom. The van der Waals surface area contributed by atoms with Crippen LogP contribution in [-0.2, 0) is 0 Å². The fraction of sp³-hybridized carbons (Fsp3) is 0.200. The molecule has 7 nitrogen and oxygen atoms in total. The molecule has 27 heavy (non-hydrogen) atoms. The Labute approximate surface area is 157 Å². The third-order valence-corrected chi connectivity index (χ3v) is 4.66. The van der Waals surface area contributed by atoms with E-state index in [4.69, 9.17) is 5.26 Å². The Bertz CT molecular complexity index is 966. The molecule has 0 bridgehead atoms. The number of nitriles is 1. The van der Waals surface area contributed by atoms with E-state index in [1.165, 1.54) is 0 Å². The van der Waals surface area contributed by atoms with E-state index in [2.05, 4.69) is 20.9 Å². The number of benzene rings is 1. The van der Waals surface area contributed by atoms with E-state index in [0.29, 0.717) is 37.3 Å². The first-order valence-corrected chi connectivity index (χ1v) is 8.74. The number of carbonyl (C=O) groups is 1. The molecule has 0 unspecified atom stereocenters. The average Bonchev–Trinajstić information content (AvgIpc) is 3.29. The van der Waals surface area contributed by atoms with Crippen molar-refractivity contribution in [2.45, 2.75) is 0 Å². The fourth-order valence-electron chi connectivity index (χ4n) is 3.15. The molecule has 3 heterocycles. The number of anilines is 1. The Morgan fingerprint density at radius 3 is 2.30 bits per heavy atom. The van der Waals surface area contributed by atoms with Gasteiger partial charge in [0.2, 0.25) is 0 Å². The minimum absolute atomic E-state index is 0.00476. The molecule has 134 valence electrons. The van der Waals surface area contributed by atoms with Crippen LogP contribution in [0.3, 0.4) is 0 Å². The van der Waals surface area contributed by atoms with E-state index in [1.54, 1.807) is 30.6 Å². The van der Waals surface area contributed by atoms with Crippen LogP contribution >= 0.6 is 0 Å². The van der Waals surface area contributed by atoms with Crippen molar-refractivity contribution in [1.29, 1.82) is 5.26 Å². The second-order valence-electron chi connectivity index (χ2n) is 6.29. The van der Waals surface area contributed by atoms with Crippen molar-refractivity contribution in [3.05, 3.63) is 72.3 Å². The van der Waals surface area contributed by atoms with E-state index in [-0.39, 0.29) is 5.91 Å². The van der Waals surface area contributed by atoms with Gasteiger partial charge in [0.15, 0.2) is 0 Å². The molecule has 1 aliphatic heterocycles. The number of nitrogens with zero attached hydrogens (tertiary/aromatic N) is 6. The number of piperazine rings is 1. The van der Waals surface area contributed by atoms with Crippen molar-refractivity contribution in [2.24, 2.45) is 0 Å². The normalized spacial score (nSPS) is 14.0. The van der Waals surface area contributed by atoms with Crippen LogP contribution in [-0.4, -0.2) is 51.5 Å². The third kappa shape index (κ3) is 3.51. The lowest BCUT2D eigenvalue weighted by molar-refractivity contribution is 0.0746. The summed E-state index contributed by atoms with van der Waals surface area (Å²) < 4.78 is 1.94. The van der Waals surface area contributed by atoms with Crippen LogP contribution in [0.4, 0.5) is 5.82 Å². The number of rotatable bonds is 3. The minimum Gasteiger partial charge on any atom is -0.353 e. The molecule has 1 aliphatic rings. The fourth-order valence-corrected chi connectivity index (χ4v) is 3.15. The summed E-state index contributed by atoms with van der Waals surface area (Å²) in [7, 11) is 0. The van der Waals surface area contributed by atoms with Gasteiger partial charge in [-0.05, 0) is 36.4 Å². The van der Waals surface area contributed by atoms with Crippen LogP contribution in [0.5, 0.6) is 0 Å². The molecule has 4 rings (SSSR count). The monoisotopic (exact) mass is 358 g/mol. The molecule has 3 aromatic rings. The van der Waals surface area contributed by atoms with Crippen LogP contribution in [0.2, 0.25) is 0 Å². The molecule has 2 aromatic heterocycles. The number of amides is 1. The molecular weight excluding hydrogens is 340 g/mol. The van der Waals surface area contributed by atoms with Crippen molar-refractivity contribution < 1.29 is 4.79 Å². The highest BCUT2D eigenvalue weighted by atomic mass is 16.2. The molecule has 1 saturated heterocycles. The quantitative estimate of drug-likeness (QED) is 0.716. The molecule has 0 saturated carbocycles. The highest BCUT2D eigenvalue weighted by molar-refractivity contribution is 5.94. The van der Waals surface area contributed by atoms with Crippen molar-refractivity contribution in [3.8, 4) is 11.9 Å². The minimum atomic E-state index is -0.00476. The molecule has 0 N–H and O–H groups in total. The van der Waals surface area contributed by atoms with Crippen LogP contribution in [0.25, 0.3) is 5.82 Å². The maximum Gasteiger partial charge on any atom is 0.253 e. The van der Waals surface area contributed by atoms with Crippen molar-refractivity contribution in [1.82, 2.24) is 19.4 Å². The molecular formula is C20H18N6O. The zero-order chi connectivity index (χ0) is 18.6. The van der Waals surface area contributed by atoms with Gasteiger partial charge in [0, 0.05) is 50.2 Å².